The van der Waals surface area contributed by atoms with Crippen molar-refractivity contribution < 1.29 is 14.7 Å². The van der Waals surface area contributed by atoms with Gasteiger partial charge in [0.2, 0.25) is 0 Å². The number of nitrogens with zero attached hydrogens (tertiary/aromatic N) is 2. The summed E-state index contributed by atoms with van der Waals surface area (Å²) in [6.07, 6.45) is 1.65. The summed E-state index contributed by atoms with van der Waals surface area (Å²) < 4.78 is 1.68. The highest BCUT2D eigenvalue weighted by Gasteiger charge is 2.27. The molecule has 7 nitrogen and oxygen atoms in total. The molecule has 0 aliphatic carbocycles. The van der Waals surface area contributed by atoms with Crippen molar-refractivity contribution in [2.24, 2.45) is 5.92 Å². The van der Waals surface area contributed by atoms with E-state index in [1.165, 1.54) is 0 Å². The van der Waals surface area contributed by atoms with Gasteiger partial charge in [-0.25, -0.2) is 0 Å². The van der Waals surface area contributed by atoms with Crippen molar-refractivity contribution >= 4 is 22.8 Å². The number of amides is 1. The molecule has 1 aromatic carbocycles. The quantitative estimate of drug-likeness (QED) is 0.760. The minimum absolute atomic E-state index is 0.0601. The van der Waals surface area contributed by atoms with Crippen LogP contribution in [0.2, 0.25) is 0 Å². The summed E-state index contributed by atoms with van der Waals surface area (Å²) in [6.45, 7) is 9.44. The first-order valence-electron chi connectivity index (χ1n) is 10.6. The highest BCUT2D eigenvalue weighted by Crippen LogP contribution is 2.21. The lowest BCUT2D eigenvalue weighted by atomic mass is 9.95. The molecule has 0 bridgehead atoms. The van der Waals surface area contributed by atoms with E-state index in [1.807, 2.05) is 43.9 Å². The van der Waals surface area contributed by atoms with Crippen LogP contribution in [-0.4, -0.2) is 52.1 Å². The van der Waals surface area contributed by atoms with Gasteiger partial charge in [-0.2, -0.15) is 0 Å². The largest absolute Gasteiger partial charge is 0.480 e. The Balaban J connectivity index is 1.74. The highest BCUT2D eigenvalue weighted by molar-refractivity contribution is 5.98. The van der Waals surface area contributed by atoms with Gasteiger partial charge in [0.05, 0.1) is 5.52 Å². The lowest BCUT2D eigenvalue weighted by molar-refractivity contribution is -0.143. The van der Waals surface area contributed by atoms with Crippen molar-refractivity contribution in [1.82, 2.24) is 14.8 Å². The van der Waals surface area contributed by atoms with Crippen molar-refractivity contribution in [3.8, 4) is 0 Å². The molecule has 1 aliphatic rings. The lowest BCUT2D eigenvalue weighted by Gasteiger charge is -2.34. The number of carboxylic acid groups (broad SMARTS) is 1. The fourth-order valence-electron chi connectivity index (χ4n) is 4.22. The molecule has 2 N–H and O–H groups in total. The predicted octanol–water partition coefficient (Wildman–Crippen LogP) is 2.81. The molecule has 2 aromatic rings. The smallest absolute Gasteiger partial charge is 0.320 e. The van der Waals surface area contributed by atoms with Gasteiger partial charge in [0.15, 0.2) is 0 Å². The van der Waals surface area contributed by atoms with E-state index < -0.39 is 12.0 Å². The second-order valence-electron chi connectivity index (χ2n) is 8.54. The van der Waals surface area contributed by atoms with Crippen LogP contribution < -0.4 is 10.9 Å². The number of carbonyl (C=O) groups excluding carboxylic acids is 1. The Morgan fingerprint density at radius 1 is 1.20 bits per heavy atom. The van der Waals surface area contributed by atoms with Gasteiger partial charge in [0.25, 0.3) is 11.5 Å². The summed E-state index contributed by atoms with van der Waals surface area (Å²) in [5.74, 6) is -0.878. The molecular formula is C23H31N3O4. The molecule has 0 radical (unpaired) electrons. The predicted molar refractivity (Wildman–Crippen MR) is 117 cm³/mol. The van der Waals surface area contributed by atoms with Gasteiger partial charge >= 0.3 is 5.97 Å². The van der Waals surface area contributed by atoms with Crippen LogP contribution in [0.1, 0.15) is 55.6 Å². The second-order valence-corrected chi connectivity index (χ2v) is 8.54. The average Bonchev–Trinajstić information content (AvgIpc) is 2.71. The number of nitrogens with one attached hydrogen (secondary N) is 1. The molecule has 1 fully saturated rings. The Labute approximate surface area is 176 Å². The van der Waals surface area contributed by atoms with Crippen LogP contribution in [-0.2, 0) is 4.79 Å². The van der Waals surface area contributed by atoms with E-state index in [4.69, 9.17) is 5.11 Å². The Bertz CT molecular complexity index is 1000. The number of likely N-dealkylation sites (tertiary alicyclic amines) is 1. The second kappa shape index (κ2) is 9.00. The van der Waals surface area contributed by atoms with Crippen molar-refractivity contribution in [1.29, 1.82) is 0 Å². The van der Waals surface area contributed by atoms with Crippen LogP contribution in [0.3, 0.4) is 0 Å². The minimum atomic E-state index is -0.810. The number of hydrogen-bond acceptors (Lipinski definition) is 4. The zero-order valence-electron chi connectivity index (χ0n) is 18.1. The van der Waals surface area contributed by atoms with Crippen molar-refractivity contribution in [2.45, 2.75) is 52.6 Å². The van der Waals surface area contributed by atoms with Crippen LogP contribution in [0.4, 0.5) is 0 Å². The van der Waals surface area contributed by atoms with E-state index in [9.17, 15) is 14.4 Å². The zero-order valence-corrected chi connectivity index (χ0v) is 18.1. The van der Waals surface area contributed by atoms with E-state index in [1.54, 1.807) is 17.6 Å². The molecule has 1 aliphatic heterocycles. The maximum absolute atomic E-state index is 13.0. The molecule has 0 spiro atoms. The van der Waals surface area contributed by atoms with Crippen LogP contribution >= 0.6 is 0 Å². The number of fused-ring (bicyclic) bond motifs is 1. The highest BCUT2D eigenvalue weighted by atomic mass is 16.4. The van der Waals surface area contributed by atoms with Crippen molar-refractivity contribution in [3.05, 3.63) is 45.7 Å². The number of hydrogen-bond donors (Lipinski definition) is 2. The van der Waals surface area contributed by atoms with Crippen LogP contribution in [0.25, 0.3) is 10.9 Å². The van der Waals surface area contributed by atoms with E-state index in [-0.39, 0.29) is 29.0 Å². The lowest BCUT2D eigenvalue weighted by Crippen LogP contribution is -2.45. The Morgan fingerprint density at radius 2 is 1.87 bits per heavy atom. The first-order chi connectivity index (χ1) is 14.2. The molecule has 1 atom stereocenters. The van der Waals surface area contributed by atoms with E-state index in [0.29, 0.717) is 19.6 Å². The monoisotopic (exact) mass is 413 g/mol. The van der Waals surface area contributed by atoms with Gasteiger partial charge in [0, 0.05) is 18.0 Å². The number of piperidine rings is 1. The number of benzene rings is 1. The summed E-state index contributed by atoms with van der Waals surface area (Å²) in [4.78, 5) is 39.0. The number of carboxylic acids is 1. The fourth-order valence-corrected chi connectivity index (χ4v) is 4.22. The Hall–Kier alpha value is -2.67. The molecule has 0 saturated carbocycles. The molecule has 1 saturated heterocycles. The molecule has 1 aromatic heterocycles. The average molecular weight is 414 g/mol. The molecule has 1 unspecified atom stereocenters. The molecule has 1 amide bonds. The molecular weight excluding hydrogens is 382 g/mol. The maximum Gasteiger partial charge on any atom is 0.320 e. The van der Waals surface area contributed by atoms with Gasteiger partial charge in [0.1, 0.15) is 11.6 Å². The van der Waals surface area contributed by atoms with Gasteiger partial charge in [-0.1, -0.05) is 12.1 Å². The van der Waals surface area contributed by atoms with Crippen LogP contribution in [0.15, 0.2) is 29.1 Å². The van der Waals surface area contributed by atoms with E-state index in [0.717, 1.165) is 29.3 Å². The third-order valence-corrected chi connectivity index (χ3v) is 6.17. The van der Waals surface area contributed by atoms with Gasteiger partial charge in [-0.05, 0) is 77.2 Å². The molecule has 7 heteroatoms. The summed E-state index contributed by atoms with van der Waals surface area (Å²) in [7, 11) is 0. The molecule has 30 heavy (non-hydrogen) atoms. The summed E-state index contributed by atoms with van der Waals surface area (Å²) in [5.41, 5.74) is 1.76. The number of rotatable bonds is 6. The first kappa shape index (κ1) is 22.0. The van der Waals surface area contributed by atoms with Crippen LogP contribution in [0, 0.1) is 12.8 Å². The minimum Gasteiger partial charge on any atom is -0.480 e. The number of aliphatic carboxylic acids is 1. The summed E-state index contributed by atoms with van der Waals surface area (Å²) >= 11 is 0. The fraction of sp³-hybridized carbons (Fsp3) is 0.522. The normalized spacial score (nSPS) is 16.7. The number of aromatic nitrogens is 1. The zero-order chi connectivity index (χ0) is 22.0. The topological polar surface area (TPSA) is 91.6 Å². The van der Waals surface area contributed by atoms with E-state index in [2.05, 4.69) is 5.32 Å². The number of carbonyl (C=O) groups is 2. The third kappa shape index (κ3) is 4.41. The molecule has 162 valence electrons. The first-order valence-corrected chi connectivity index (χ1v) is 10.6. The van der Waals surface area contributed by atoms with Gasteiger partial charge in [-0.15, -0.1) is 0 Å². The summed E-state index contributed by atoms with van der Waals surface area (Å²) in [6, 6.07) is 6.97. The van der Waals surface area contributed by atoms with Gasteiger partial charge in [-0.3, -0.25) is 19.3 Å². The van der Waals surface area contributed by atoms with Crippen molar-refractivity contribution in [2.75, 3.05) is 19.6 Å². The number of pyridine rings is 1. The van der Waals surface area contributed by atoms with Gasteiger partial charge < -0.3 is 15.0 Å². The maximum atomic E-state index is 13.0. The van der Waals surface area contributed by atoms with E-state index >= 15 is 0 Å². The number of aryl methyl sites for hydroxylation is 1. The molecule has 2 heterocycles. The molecule has 3 rings (SSSR count). The summed E-state index contributed by atoms with van der Waals surface area (Å²) in [5, 5.41) is 13.0. The third-order valence-electron chi connectivity index (χ3n) is 6.17. The standard InChI is InChI=1S/C23H31N3O4/c1-14(2)26-20-7-5-6-15(3)18(20)12-19(22(26)28)21(27)24-13-17-8-10-25(11-9-17)16(4)23(29)30/h5-7,12,14,16-17H,8-11,13H2,1-4H3,(H,24,27)(H,29,30). The van der Waals surface area contributed by atoms with Crippen LogP contribution in [0.5, 0.6) is 0 Å². The SMILES string of the molecule is Cc1cccc2c1cc(C(=O)NCC1CCN(C(C)C(=O)O)CC1)c(=O)n2C(C)C. The van der Waals surface area contributed by atoms with Crippen molar-refractivity contribution in [3.63, 3.8) is 0 Å². The Morgan fingerprint density at radius 3 is 2.47 bits per heavy atom. The Kier molecular flexibility index (Phi) is 6.61.